The number of nitrogens with one attached hydrogen (secondary N) is 1. The summed E-state index contributed by atoms with van der Waals surface area (Å²) in [6.45, 7) is 0. The molecule has 0 fully saturated rings. The van der Waals surface area contributed by atoms with Crippen molar-refractivity contribution in [2.75, 3.05) is 0 Å². The third kappa shape index (κ3) is 2.45. The van der Waals surface area contributed by atoms with Crippen molar-refractivity contribution in [3.05, 3.63) is 31.0 Å². The van der Waals surface area contributed by atoms with E-state index in [1.165, 1.54) is 18.7 Å². The van der Waals surface area contributed by atoms with Gasteiger partial charge in [-0.15, -0.1) is 0 Å². The van der Waals surface area contributed by atoms with E-state index in [9.17, 15) is 18.0 Å². The molecular formula is C13H10F3N5O. The lowest BCUT2D eigenvalue weighted by Crippen LogP contribution is -2.27. The fourth-order valence-electron chi connectivity index (χ4n) is 2.22. The molecule has 9 heteroatoms. The van der Waals surface area contributed by atoms with E-state index in [2.05, 4.69) is 20.1 Å². The molecule has 0 amide bonds. The summed E-state index contributed by atoms with van der Waals surface area (Å²) in [7, 11) is 0. The van der Waals surface area contributed by atoms with E-state index < -0.39 is 18.6 Å². The molecule has 3 aromatic heterocycles. The molecule has 0 aliphatic rings. The van der Waals surface area contributed by atoms with Crippen LogP contribution in [0, 0.1) is 0 Å². The molecule has 0 saturated heterocycles. The van der Waals surface area contributed by atoms with Crippen LogP contribution in [0.1, 0.15) is 12.5 Å². The molecule has 0 unspecified atom stereocenters. The first-order valence-corrected chi connectivity index (χ1v) is 6.33. The molecule has 6 nitrogen and oxygen atoms in total. The summed E-state index contributed by atoms with van der Waals surface area (Å²) in [6.07, 6.45) is 0.493. The molecule has 0 bridgehead atoms. The van der Waals surface area contributed by atoms with E-state index >= 15 is 0 Å². The zero-order valence-electron chi connectivity index (χ0n) is 11.1. The lowest BCUT2D eigenvalue weighted by Gasteiger charge is -2.18. The Bertz CT molecular complexity index is 807. The summed E-state index contributed by atoms with van der Waals surface area (Å²) < 4.78 is 39.6. The van der Waals surface area contributed by atoms with Gasteiger partial charge in [-0.3, -0.25) is 4.68 Å². The third-order valence-corrected chi connectivity index (χ3v) is 3.25. The average Bonchev–Trinajstić information content (AvgIpc) is 3.11. The van der Waals surface area contributed by atoms with Crippen molar-refractivity contribution in [2.45, 2.75) is 18.6 Å². The number of halogens is 3. The molecule has 0 aliphatic heterocycles. The van der Waals surface area contributed by atoms with Gasteiger partial charge in [0, 0.05) is 29.8 Å². The minimum absolute atomic E-state index is 0.231. The van der Waals surface area contributed by atoms with Gasteiger partial charge < -0.3 is 9.78 Å². The fraction of sp³-hybridized carbons (Fsp3) is 0.231. The van der Waals surface area contributed by atoms with Crippen molar-refractivity contribution in [2.24, 2.45) is 0 Å². The van der Waals surface area contributed by atoms with E-state index in [1.807, 2.05) is 0 Å². The smallest absolute Gasteiger partial charge is 0.346 e. The number of H-pyrrole nitrogens is 1. The Labute approximate surface area is 122 Å². The van der Waals surface area contributed by atoms with E-state index in [-0.39, 0.29) is 6.29 Å². The molecule has 0 saturated carbocycles. The van der Waals surface area contributed by atoms with Crippen molar-refractivity contribution in [1.82, 2.24) is 24.7 Å². The molecular weight excluding hydrogens is 299 g/mol. The second-order valence-corrected chi connectivity index (χ2v) is 4.63. The first-order valence-electron chi connectivity index (χ1n) is 6.33. The molecule has 3 aromatic rings. The summed E-state index contributed by atoms with van der Waals surface area (Å²) >= 11 is 0. The van der Waals surface area contributed by atoms with Gasteiger partial charge >= 0.3 is 6.18 Å². The van der Waals surface area contributed by atoms with Crippen LogP contribution in [-0.2, 0) is 4.79 Å². The monoisotopic (exact) mass is 309 g/mol. The molecule has 3 heterocycles. The van der Waals surface area contributed by atoms with E-state index in [0.717, 1.165) is 4.68 Å². The molecule has 1 N–H and O–H groups in total. The molecule has 3 rings (SSSR count). The highest BCUT2D eigenvalue weighted by Gasteiger charge is 2.41. The van der Waals surface area contributed by atoms with Crippen LogP contribution in [0.4, 0.5) is 13.2 Å². The van der Waals surface area contributed by atoms with Crippen LogP contribution < -0.4 is 0 Å². The number of fused-ring (bicyclic) bond motifs is 1. The first-order chi connectivity index (χ1) is 10.5. The quantitative estimate of drug-likeness (QED) is 0.751. The number of hydrogen-bond acceptors (Lipinski definition) is 4. The van der Waals surface area contributed by atoms with Gasteiger partial charge in [-0.05, 0) is 6.07 Å². The van der Waals surface area contributed by atoms with Crippen molar-refractivity contribution < 1.29 is 18.0 Å². The Morgan fingerprint density at radius 2 is 2.18 bits per heavy atom. The van der Waals surface area contributed by atoms with Crippen LogP contribution in [0.2, 0.25) is 0 Å². The van der Waals surface area contributed by atoms with Crippen LogP contribution in [0.3, 0.4) is 0 Å². The number of alkyl halides is 3. The van der Waals surface area contributed by atoms with Gasteiger partial charge in [0.1, 0.15) is 18.3 Å². The zero-order valence-corrected chi connectivity index (χ0v) is 11.1. The summed E-state index contributed by atoms with van der Waals surface area (Å²) in [5.74, 6) is 0. The summed E-state index contributed by atoms with van der Waals surface area (Å²) in [4.78, 5) is 21.5. The number of nitrogens with zero attached hydrogens (tertiary/aromatic N) is 4. The van der Waals surface area contributed by atoms with Gasteiger partial charge in [0.05, 0.1) is 11.9 Å². The number of aldehydes is 1. The number of hydrogen-bond donors (Lipinski definition) is 1. The van der Waals surface area contributed by atoms with Crippen molar-refractivity contribution in [3.63, 3.8) is 0 Å². The Balaban J connectivity index is 2.03. The number of carbonyl (C=O) groups excluding carboxylic acids is 1. The Morgan fingerprint density at radius 3 is 2.91 bits per heavy atom. The van der Waals surface area contributed by atoms with Crippen molar-refractivity contribution in [1.29, 1.82) is 0 Å². The number of aromatic amines is 1. The highest BCUT2D eigenvalue weighted by atomic mass is 19.4. The Kier molecular flexibility index (Phi) is 3.39. The van der Waals surface area contributed by atoms with Crippen LogP contribution in [0.25, 0.3) is 22.3 Å². The van der Waals surface area contributed by atoms with Crippen LogP contribution >= 0.6 is 0 Å². The average molecular weight is 309 g/mol. The lowest BCUT2D eigenvalue weighted by atomic mass is 10.2. The van der Waals surface area contributed by atoms with Crippen LogP contribution in [-0.4, -0.2) is 37.2 Å². The van der Waals surface area contributed by atoms with Gasteiger partial charge in [0.25, 0.3) is 0 Å². The molecule has 0 spiro atoms. The van der Waals surface area contributed by atoms with Crippen molar-refractivity contribution >= 4 is 17.3 Å². The summed E-state index contributed by atoms with van der Waals surface area (Å²) in [5.41, 5.74) is 1.48. The first kappa shape index (κ1) is 14.2. The maximum Gasteiger partial charge on any atom is 0.411 e. The standard InChI is InChI=1S/C13H10F3N5O/c14-13(15,16)10(2-4-22)21-6-8(5-20-21)11-9-1-3-17-12(9)19-7-18-11/h1,3-7,10H,2H2,(H,17,18,19)/t10-/m1/s1. The van der Waals surface area contributed by atoms with Gasteiger partial charge in [-0.1, -0.05) is 0 Å². The lowest BCUT2D eigenvalue weighted by molar-refractivity contribution is -0.172. The molecule has 0 radical (unpaired) electrons. The summed E-state index contributed by atoms with van der Waals surface area (Å²) in [6, 6.07) is -0.253. The number of rotatable bonds is 4. The normalized spacial score (nSPS) is 13.4. The van der Waals surface area contributed by atoms with Crippen molar-refractivity contribution in [3.8, 4) is 11.3 Å². The maximum atomic E-state index is 13.0. The van der Waals surface area contributed by atoms with Gasteiger partial charge in [-0.2, -0.15) is 18.3 Å². The minimum Gasteiger partial charge on any atom is -0.346 e. The van der Waals surface area contributed by atoms with E-state index in [1.54, 1.807) is 12.3 Å². The van der Waals surface area contributed by atoms with Crippen LogP contribution in [0.15, 0.2) is 31.0 Å². The highest BCUT2D eigenvalue weighted by molar-refractivity contribution is 5.89. The Hall–Kier alpha value is -2.71. The minimum atomic E-state index is -4.56. The van der Waals surface area contributed by atoms with Gasteiger partial charge in [0.15, 0.2) is 6.04 Å². The Morgan fingerprint density at radius 1 is 1.36 bits per heavy atom. The largest absolute Gasteiger partial charge is 0.411 e. The van der Waals surface area contributed by atoms with E-state index in [0.29, 0.717) is 22.3 Å². The summed E-state index contributed by atoms with van der Waals surface area (Å²) in [5, 5.41) is 4.42. The predicted octanol–water partition coefficient (Wildman–Crippen LogP) is 2.51. The third-order valence-electron chi connectivity index (χ3n) is 3.25. The zero-order chi connectivity index (χ0) is 15.7. The maximum absolute atomic E-state index is 13.0. The van der Waals surface area contributed by atoms with Crippen LogP contribution in [0.5, 0.6) is 0 Å². The second-order valence-electron chi connectivity index (χ2n) is 4.63. The molecule has 0 aliphatic carbocycles. The topological polar surface area (TPSA) is 76.5 Å². The molecule has 114 valence electrons. The molecule has 0 aromatic carbocycles. The molecule has 22 heavy (non-hydrogen) atoms. The fourth-order valence-corrected chi connectivity index (χ4v) is 2.22. The number of carbonyl (C=O) groups is 1. The van der Waals surface area contributed by atoms with Gasteiger partial charge in [0.2, 0.25) is 0 Å². The highest BCUT2D eigenvalue weighted by Crippen LogP contribution is 2.33. The van der Waals surface area contributed by atoms with Gasteiger partial charge in [-0.25, -0.2) is 9.97 Å². The van der Waals surface area contributed by atoms with E-state index in [4.69, 9.17) is 0 Å². The predicted molar refractivity (Wildman–Crippen MR) is 70.9 cm³/mol. The second kappa shape index (κ2) is 5.24. The molecule has 1 atom stereocenters. The SMILES string of the molecule is O=CC[C@@H](n1cc(-c2ncnc3[nH]ccc23)cn1)C(F)(F)F. The number of aromatic nitrogens is 5.